The first-order valence-corrected chi connectivity index (χ1v) is 11.6. The van der Waals surface area contributed by atoms with Gasteiger partial charge in [-0.05, 0) is 55.3 Å². The van der Waals surface area contributed by atoms with Crippen molar-refractivity contribution < 1.29 is 4.42 Å². The van der Waals surface area contributed by atoms with Crippen LogP contribution in [0.4, 0.5) is 23.5 Å². The van der Waals surface area contributed by atoms with Crippen molar-refractivity contribution in [3.8, 4) is 11.3 Å². The predicted molar refractivity (Wildman–Crippen MR) is 133 cm³/mol. The zero-order chi connectivity index (χ0) is 23.3. The number of rotatable bonds is 7. The van der Waals surface area contributed by atoms with Gasteiger partial charge in [-0.3, -0.25) is 0 Å². The Kier molecular flexibility index (Phi) is 6.69. The van der Waals surface area contributed by atoms with Crippen LogP contribution < -0.4 is 10.2 Å². The van der Waals surface area contributed by atoms with Gasteiger partial charge in [-0.2, -0.15) is 20.1 Å². The minimum atomic E-state index is 0.227. The molecule has 1 N–H and O–H groups in total. The lowest BCUT2D eigenvalue weighted by Crippen LogP contribution is -2.21. The molecular formula is C24H21Cl2N7O. The number of anilines is 3. The Morgan fingerprint density at radius 2 is 1.76 bits per heavy atom. The molecule has 1 saturated heterocycles. The third-order valence-electron chi connectivity index (χ3n) is 5.27. The number of aromatic nitrogens is 3. The maximum atomic E-state index is 6.27. The van der Waals surface area contributed by atoms with Gasteiger partial charge in [0.2, 0.25) is 11.9 Å². The summed E-state index contributed by atoms with van der Waals surface area (Å²) in [6.07, 6.45) is 2.23. The second-order valence-corrected chi connectivity index (χ2v) is 8.58. The number of nitrogens with one attached hydrogen (secondary N) is 1. The molecule has 0 saturated carbocycles. The molecule has 10 heteroatoms. The Morgan fingerprint density at radius 1 is 0.941 bits per heavy atom. The van der Waals surface area contributed by atoms with Crippen LogP contribution in [0.15, 0.2) is 75.3 Å². The highest BCUT2D eigenvalue weighted by molar-refractivity contribution is 6.35. The third-order valence-corrected chi connectivity index (χ3v) is 5.84. The highest BCUT2D eigenvalue weighted by Crippen LogP contribution is 2.32. The second-order valence-electron chi connectivity index (χ2n) is 7.73. The van der Waals surface area contributed by atoms with Crippen LogP contribution in [0.2, 0.25) is 10.0 Å². The van der Waals surface area contributed by atoms with Gasteiger partial charge in [-0.15, -0.1) is 5.11 Å². The van der Waals surface area contributed by atoms with Gasteiger partial charge in [0.1, 0.15) is 18.1 Å². The summed E-state index contributed by atoms with van der Waals surface area (Å²) in [4.78, 5) is 15.6. The molecule has 3 heterocycles. The number of para-hydroxylation sites is 1. The average molecular weight is 494 g/mol. The first-order valence-electron chi connectivity index (χ1n) is 10.9. The van der Waals surface area contributed by atoms with Gasteiger partial charge in [-0.1, -0.05) is 41.4 Å². The minimum absolute atomic E-state index is 0.227. The summed E-state index contributed by atoms with van der Waals surface area (Å²) in [6, 6.07) is 18.6. The van der Waals surface area contributed by atoms with Crippen LogP contribution >= 0.6 is 23.2 Å². The first-order chi connectivity index (χ1) is 16.6. The number of azo groups is 1. The highest BCUT2D eigenvalue weighted by Gasteiger charge is 2.17. The molecule has 4 aromatic rings. The van der Waals surface area contributed by atoms with Crippen LogP contribution in [0.1, 0.15) is 18.6 Å². The van der Waals surface area contributed by atoms with E-state index in [1.54, 1.807) is 18.2 Å². The first kappa shape index (κ1) is 22.3. The standard InChI is InChI=1S/C24H21Cl2N7O/c25-16-8-10-20(26)19(14-16)21-11-9-18(34-21)15-27-32-23-29-22(28-17-6-2-1-3-7-17)30-24(31-23)33-12-4-5-13-33/h1-3,6-11,14H,4-5,12-13,15H2,(H,28,29,30,31). The molecule has 5 rings (SSSR count). The van der Waals surface area contributed by atoms with Gasteiger partial charge in [0.05, 0.1) is 5.02 Å². The molecule has 2 aromatic heterocycles. The fourth-order valence-corrected chi connectivity index (χ4v) is 4.01. The van der Waals surface area contributed by atoms with Crippen molar-refractivity contribution in [3.05, 3.63) is 76.5 Å². The van der Waals surface area contributed by atoms with Crippen LogP contribution in [-0.2, 0) is 6.54 Å². The molecule has 0 spiro atoms. The Bertz CT molecular complexity index is 1300. The molecule has 0 aliphatic carbocycles. The molecule has 1 aliphatic rings. The maximum absolute atomic E-state index is 6.27. The maximum Gasteiger partial charge on any atom is 0.275 e. The topological polar surface area (TPSA) is 91.8 Å². The van der Waals surface area contributed by atoms with Gasteiger partial charge in [-0.25, -0.2) is 0 Å². The molecule has 0 atom stereocenters. The van der Waals surface area contributed by atoms with E-state index in [4.69, 9.17) is 27.6 Å². The highest BCUT2D eigenvalue weighted by atomic mass is 35.5. The monoisotopic (exact) mass is 493 g/mol. The Balaban J connectivity index is 1.34. The minimum Gasteiger partial charge on any atom is -0.459 e. The summed E-state index contributed by atoms with van der Waals surface area (Å²) >= 11 is 12.4. The predicted octanol–water partition coefficient (Wildman–Crippen LogP) is 7.07. The van der Waals surface area contributed by atoms with E-state index in [1.807, 2.05) is 42.5 Å². The summed E-state index contributed by atoms with van der Waals surface area (Å²) < 4.78 is 5.88. The summed E-state index contributed by atoms with van der Waals surface area (Å²) in [6.45, 7) is 2.05. The molecule has 8 nitrogen and oxygen atoms in total. The summed E-state index contributed by atoms with van der Waals surface area (Å²) in [5, 5.41) is 12.8. The van der Waals surface area contributed by atoms with E-state index in [0.717, 1.165) is 37.2 Å². The van der Waals surface area contributed by atoms with Gasteiger partial charge in [0, 0.05) is 29.4 Å². The molecule has 172 valence electrons. The van der Waals surface area contributed by atoms with E-state index >= 15 is 0 Å². The molecule has 1 aliphatic heterocycles. The lowest BCUT2D eigenvalue weighted by Gasteiger charge is -2.15. The van der Waals surface area contributed by atoms with Crippen molar-refractivity contribution in [1.29, 1.82) is 0 Å². The Morgan fingerprint density at radius 3 is 2.59 bits per heavy atom. The van der Waals surface area contributed by atoms with Crippen LogP contribution in [0, 0.1) is 0 Å². The van der Waals surface area contributed by atoms with Crippen LogP contribution in [0.25, 0.3) is 11.3 Å². The van der Waals surface area contributed by atoms with E-state index in [2.05, 4.69) is 35.4 Å². The van der Waals surface area contributed by atoms with Crippen molar-refractivity contribution in [1.82, 2.24) is 15.0 Å². The van der Waals surface area contributed by atoms with E-state index in [1.165, 1.54) is 0 Å². The molecule has 34 heavy (non-hydrogen) atoms. The summed E-state index contributed by atoms with van der Waals surface area (Å²) in [7, 11) is 0. The number of furan rings is 1. The number of hydrogen-bond donors (Lipinski definition) is 1. The quantitative estimate of drug-likeness (QED) is 0.277. The number of benzene rings is 2. The summed E-state index contributed by atoms with van der Waals surface area (Å²) in [5.41, 5.74) is 1.61. The van der Waals surface area contributed by atoms with Crippen molar-refractivity contribution in [3.63, 3.8) is 0 Å². The van der Waals surface area contributed by atoms with E-state index < -0.39 is 0 Å². The number of nitrogens with zero attached hydrogens (tertiary/aromatic N) is 6. The summed E-state index contributed by atoms with van der Waals surface area (Å²) in [5.74, 6) is 2.50. The Hall–Kier alpha value is -3.49. The third kappa shape index (κ3) is 5.35. The lowest BCUT2D eigenvalue weighted by molar-refractivity contribution is 0.522. The van der Waals surface area contributed by atoms with E-state index in [-0.39, 0.29) is 12.5 Å². The molecule has 0 bridgehead atoms. The lowest BCUT2D eigenvalue weighted by atomic mass is 10.2. The van der Waals surface area contributed by atoms with Crippen molar-refractivity contribution in [2.45, 2.75) is 19.4 Å². The van der Waals surface area contributed by atoms with Gasteiger partial charge >= 0.3 is 0 Å². The molecule has 0 unspecified atom stereocenters. The Labute approximate surface area is 206 Å². The van der Waals surface area contributed by atoms with Crippen LogP contribution in [0.5, 0.6) is 0 Å². The van der Waals surface area contributed by atoms with E-state index in [0.29, 0.717) is 33.5 Å². The zero-order valence-corrected chi connectivity index (χ0v) is 19.7. The van der Waals surface area contributed by atoms with Crippen molar-refractivity contribution >= 4 is 46.7 Å². The SMILES string of the molecule is Clc1ccc(Cl)c(-c2ccc(CN=Nc3nc(Nc4ccccc4)nc(N4CCCC4)n3)o2)c1. The van der Waals surface area contributed by atoms with Crippen LogP contribution in [-0.4, -0.2) is 28.0 Å². The molecule has 2 aromatic carbocycles. The van der Waals surface area contributed by atoms with E-state index in [9.17, 15) is 0 Å². The van der Waals surface area contributed by atoms with Crippen molar-refractivity contribution in [2.24, 2.45) is 10.2 Å². The fourth-order valence-electron chi connectivity index (χ4n) is 3.63. The average Bonchev–Trinajstić information content (AvgIpc) is 3.54. The number of hydrogen-bond acceptors (Lipinski definition) is 8. The molecule has 1 fully saturated rings. The smallest absolute Gasteiger partial charge is 0.275 e. The van der Waals surface area contributed by atoms with Gasteiger partial charge in [0.25, 0.3) is 5.95 Å². The normalized spacial score (nSPS) is 13.6. The molecular weight excluding hydrogens is 473 g/mol. The molecule has 0 amide bonds. The number of halogens is 2. The van der Waals surface area contributed by atoms with Crippen molar-refractivity contribution in [2.75, 3.05) is 23.3 Å². The van der Waals surface area contributed by atoms with Gasteiger partial charge < -0.3 is 14.6 Å². The van der Waals surface area contributed by atoms with Crippen LogP contribution in [0.3, 0.4) is 0 Å². The molecule has 0 radical (unpaired) electrons. The zero-order valence-electron chi connectivity index (χ0n) is 18.2. The largest absolute Gasteiger partial charge is 0.459 e. The second kappa shape index (κ2) is 10.2. The fraction of sp³-hybridized carbons (Fsp3) is 0.208. The van der Waals surface area contributed by atoms with Gasteiger partial charge in [0.15, 0.2) is 0 Å².